The van der Waals surface area contributed by atoms with Gasteiger partial charge in [0.05, 0.1) is 32.1 Å². The summed E-state index contributed by atoms with van der Waals surface area (Å²) in [5.41, 5.74) is 4.85. The first-order valence-electron chi connectivity index (χ1n) is 15.6. The van der Waals surface area contributed by atoms with Crippen molar-refractivity contribution in [2.24, 2.45) is 0 Å². The summed E-state index contributed by atoms with van der Waals surface area (Å²) in [6.07, 6.45) is 3.08. The molecule has 0 amide bonds. The van der Waals surface area contributed by atoms with Gasteiger partial charge >= 0.3 is 0 Å². The molecule has 0 aliphatic carbocycles. The van der Waals surface area contributed by atoms with E-state index in [1.165, 1.54) is 16.7 Å². The fourth-order valence-corrected chi connectivity index (χ4v) is 5.94. The Morgan fingerprint density at radius 1 is 1.00 bits per heavy atom. The van der Waals surface area contributed by atoms with Gasteiger partial charge in [0, 0.05) is 39.3 Å². The Labute approximate surface area is 256 Å². The molecular weight excluding hydrogens is 542 g/mol. The number of nitrogens with one attached hydrogen (secondary N) is 2. The number of hydrogen-bond donors (Lipinski definition) is 2. The fourth-order valence-electron chi connectivity index (χ4n) is 5.94. The third-order valence-corrected chi connectivity index (χ3v) is 8.27. The average molecular weight is 590 g/mol. The van der Waals surface area contributed by atoms with Crippen molar-refractivity contribution in [3.8, 4) is 17.2 Å². The van der Waals surface area contributed by atoms with E-state index in [2.05, 4.69) is 64.1 Å². The van der Waals surface area contributed by atoms with Gasteiger partial charge in [-0.1, -0.05) is 36.4 Å². The van der Waals surface area contributed by atoms with Crippen molar-refractivity contribution in [1.29, 1.82) is 0 Å². The normalized spacial score (nSPS) is 18.1. The van der Waals surface area contributed by atoms with Gasteiger partial charge in [-0.05, 0) is 79.4 Å². The molecule has 43 heavy (non-hydrogen) atoms. The van der Waals surface area contributed by atoms with Crippen molar-refractivity contribution in [3.05, 3.63) is 83.4 Å². The third-order valence-electron chi connectivity index (χ3n) is 8.27. The lowest BCUT2D eigenvalue weighted by atomic mass is 9.87. The zero-order valence-electron chi connectivity index (χ0n) is 25.7. The first-order valence-corrected chi connectivity index (χ1v) is 15.6. The Kier molecular flexibility index (Phi) is 12.0. The van der Waals surface area contributed by atoms with E-state index in [-0.39, 0.29) is 6.10 Å². The maximum absolute atomic E-state index is 6.55. The summed E-state index contributed by atoms with van der Waals surface area (Å²) >= 11 is 0. The van der Waals surface area contributed by atoms with Crippen molar-refractivity contribution >= 4 is 5.69 Å². The van der Waals surface area contributed by atoms with Gasteiger partial charge in [0.25, 0.3) is 0 Å². The standard InChI is InChI=1S/C35H47N3O5/c1-39-21-5-19-38-20-23-42-34-13-8-27(24-32(34)38)26-43-35-25-37-17-15-31(35)28-9-11-30(12-10-28)41-22-18-36-16-14-29-6-3-4-7-33(29)40-2/h3-4,6-13,24,31,35-37H,5,14-23,25-26H2,1-2H3. The molecule has 3 aromatic rings. The topological polar surface area (TPSA) is 73.5 Å². The average Bonchev–Trinajstić information content (AvgIpc) is 3.06. The Morgan fingerprint density at radius 2 is 1.88 bits per heavy atom. The highest BCUT2D eigenvalue weighted by atomic mass is 16.5. The van der Waals surface area contributed by atoms with Crippen molar-refractivity contribution in [1.82, 2.24) is 10.6 Å². The second-order valence-corrected chi connectivity index (χ2v) is 11.2. The molecule has 2 atom stereocenters. The predicted octanol–water partition coefficient (Wildman–Crippen LogP) is 4.80. The van der Waals surface area contributed by atoms with E-state index >= 15 is 0 Å². The molecule has 8 nitrogen and oxygen atoms in total. The maximum Gasteiger partial charge on any atom is 0.142 e. The molecule has 232 valence electrons. The number of hydrogen-bond acceptors (Lipinski definition) is 8. The van der Waals surface area contributed by atoms with Gasteiger partial charge in [0.1, 0.15) is 30.5 Å². The number of methoxy groups -OCH3 is 2. The minimum absolute atomic E-state index is 0.109. The zero-order valence-corrected chi connectivity index (χ0v) is 25.7. The second-order valence-electron chi connectivity index (χ2n) is 11.2. The van der Waals surface area contributed by atoms with Crippen LogP contribution in [0.1, 0.15) is 35.4 Å². The molecule has 0 saturated carbocycles. The number of fused-ring (bicyclic) bond motifs is 1. The Balaban J connectivity index is 1.08. The second kappa shape index (κ2) is 16.5. The van der Waals surface area contributed by atoms with E-state index in [0.29, 0.717) is 19.1 Å². The number of ether oxygens (including phenoxy) is 5. The molecule has 2 unspecified atom stereocenters. The van der Waals surface area contributed by atoms with E-state index in [4.69, 9.17) is 23.7 Å². The molecule has 0 bridgehead atoms. The Hall–Kier alpha value is -3.30. The number of nitrogens with zero attached hydrogens (tertiary/aromatic N) is 1. The van der Waals surface area contributed by atoms with Gasteiger partial charge in [0.15, 0.2) is 0 Å². The summed E-state index contributed by atoms with van der Waals surface area (Å²) in [6.45, 7) is 8.06. The van der Waals surface area contributed by atoms with Crippen molar-refractivity contribution in [3.63, 3.8) is 0 Å². The lowest BCUT2D eigenvalue weighted by molar-refractivity contribution is 0.0106. The summed E-state index contributed by atoms with van der Waals surface area (Å²) in [4.78, 5) is 2.40. The van der Waals surface area contributed by atoms with E-state index in [9.17, 15) is 0 Å². The molecule has 0 spiro atoms. The highest BCUT2D eigenvalue weighted by Crippen LogP contribution is 2.34. The molecule has 3 aromatic carbocycles. The van der Waals surface area contributed by atoms with Gasteiger partial charge in [0.2, 0.25) is 0 Å². The summed E-state index contributed by atoms with van der Waals surface area (Å²) in [5.74, 6) is 3.14. The van der Waals surface area contributed by atoms with E-state index in [1.807, 2.05) is 18.2 Å². The molecule has 1 fully saturated rings. The predicted molar refractivity (Wildman–Crippen MR) is 171 cm³/mol. The number of anilines is 1. The van der Waals surface area contributed by atoms with Crippen LogP contribution in [0.2, 0.25) is 0 Å². The fraction of sp³-hybridized carbons (Fsp3) is 0.486. The van der Waals surface area contributed by atoms with Crippen LogP contribution in [0.15, 0.2) is 66.7 Å². The van der Waals surface area contributed by atoms with Crippen LogP contribution in [-0.4, -0.2) is 79.4 Å². The van der Waals surface area contributed by atoms with E-state index < -0.39 is 0 Å². The van der Waals surface area contributed by atoms with Crippen molar-refractivity contribution in [2.45, 2.75) is 37.9 Å². The molecule has 0 aromatic heterocycles. The van der Waals surface area contributed by atoms with Gasteiger partial charge in [-0.25, -0.2) is 0 Å². The van der Waals surface area contributed by atoms with Crippen LogP contribution in [0.5, 0.6) is 17.2 Å². The highest BCUT2D eigenvalue weighted by molar-refractivity contribution is 5.61. The molecule has 2 N–H and O–H groups in total. The maximum atomic E-state index is 6.55. The molecule has 5 rings (SSSR count). The molecular formula is C35H47N3O5. The van der Waals surface area contributed by atoms with Crippen molar-refractivity contribution < 1.29 is 23.7 Å². The van der Waals surface area contributed by atoms with Crippen LogP contribution < -0.4 is 29.7 Å². The number of para-hydroxylation sites is 1. The molecule has 2 aliphatic rings. The smallest absolute Gasteiger partial charge is 0.142 e. The van der Waals surface area contributed by atoms with Crippen molar-refractivity contribution in [2.75, 3.05) is 78.2 Å². The van der Waals surface area contributed by atoms with E-state index in [0.717, 1.165) is 94.7 Å². The minimum Gasteiger partial charge on any atom is -0.496 e. The first-order chi connectivity index (χ1) is 21.2. The van der Waals surface area contributed by atoms with Gasteiger partial charge in [-0.15, -0.1) is 0 Å². The van der Waals surface area contributed by atoms with Crippen LogP contribution >= 0.6 is 0 Å². The monoisotopic (exact) mass is 589 g/mol. The van der Waals surface area contributed by atoms with Gasteiger partial charge in [-0.3, -0.25) is 0 Å². The Morgan fingerprint density at radius 3 is 2.74 bits per heavy atom. The van der Waals surface area contributed by atoms with E-state index in [1.54, 1.807) is 14.2 Å². The first kappa shape index (κ1) is 31.1. The van der Waals surface area contributed by atoms with Crippen LogP contribution in [0.25, 0.3) is 0 Å². The van der Waals surface area contributed by atoms with Crippen LogP contribution in [0, 0.1) is 0 Å². The number of rotatable bonds is 16. The van der Waals surface area contributed by atoms with Gasteiger partial charge < -0.3 is 39.2 Å². The van der Waals surface area contributed by atoms with Crippen LogP contribution in [-0.2, 0) is 22.5 Å². The molecule has 8 heteroatoms. The number of benzene rings is 3. The zero-order chi connectivity index (χ0) is 29.7. The number of piperidine rings is 1. The highest BCUT2D eigenvalue weighted by Gasteiger charge is 2.27. The Bertz CT molecular complexity index is 1250. The molecule has 0 radical (unpaired) electrons. The summed E-state index contributed by atoms with van der Waals surface area (Å²) in [7, 11) is 3.47. The SMILES string of the molecule is COCCCN1CCOc2ccc(COC3CNCCC3c3ccc(OCCNCCc4ccccc4OC)cc3)cc21. The summed E-state index contributed by atoms with van der Waals surface area (Å²) < 4.78 is 29.2. The van der Waals surface area contributed by atoms with Crippen LogP contribution in [0.4, 0.5) is 5.69 Å². The third kappa shape index (κ3) is 8.86. The quantitative estimate of drug-likeness (QED) is 0.231. The van der Waals surface area contributed by atoms with Crippen LogP contribution in [0.3, 0.4) is 0 Å². The minimum atomic E-state index is 0.109. The van der Waals surface area contributed by atoms with Gasteiger partial charge in [-0.2, -0.15) is 0 Å². The lowest BCUT2D eigenvalue weighted by Crippen LogP contribution is -2.41. The lowest BCUT2D eigenvalue weighted by Gasteiger charge is -2.33. The molecule has 1 saturated heterocycles. The molecule has 2 heterocycles. The largest absolute Gasteiger partial charge is 0.496 e. The summed E-state index contributed by atoms with van der Waals surface area (Å²) in [6, 6.07) is 23.2. The molecule has 2 aliphatic heterocycles. The summed E-state index contributed by atoms with van der Waals surface area (Å²) in [5, 5.41) is 6.99.